The van der Waals surface area contributed by atoms with E-state index in [1.165, 1.54) is 12.3 Å². The van der Waals surface area contributed by atoms with Crippen LogP contribution < -0.4 is 10.6 Å². The molecule has 2 amide bonds. The summed E-state index contributed by atoms with van der Waals surface area (Å²) in [6.45, 7) is 8.19. The van der Waals surface area contributed by atoms with Gasteiger partial charge in [0.15, 0.2) is 5.82 Å². The average Bonchev–Trinajstić information content (AvgIpc) is 3.54. The third kappa shape index (κ3) is 6.35. The molecule has 3 heterocycles. The molecule has 1 saturated heterocycles. The Labute approximate surface area is 219 Å². The summed E-state index contributed by atoms with van der Waals surface area (Å²) in [5.74, 6) is -1.17. The fraction of sp³-hybridized carbons (Fsp3) is 0.500. The van der Waals surface area contributed by atoms with Crippen LogP contribution >= 0.6 is 0 Å². The molecule has 1 fully saturated rings. The fourth-order valence-electron chi connectivity index (χ4n) is 4.42. The number of imidazole rings is 1. The minimum Gasteiger partial charge on any atom is -0.346 e. The number of amides is 2. The van der Waals surface area contributed by atoms with E-state index in [0.717, 1.165) is 31.4 Å². The van der Waals surface area contributed by atoms with Crippen molar-refractivity contribution in [1.29, 1.82) is 0 Å². The molecule has 38 heavy (non-hydrogen) atoms. The third-order valence-corrected chi connectivity index (χ3v) is 6.65. The number of nitrogens with zero attached hydrogens (tertiary/aromatic N) is 4. The van der Waals surface area contributed by atoms with Crippen molar-refractivity contribution in [2.75, 3.05) is 11.9 Å². The smallest absolute Gasteiger partial charge is 0.322 e. The first-order valence-electron chi connectivity index (χ1n) is 12.8. The number of anilines is 1. The monoisotopic (exact) mass is 529 g/mol. The van der Waals surface area contributed by atoms with E-state index in [-0.39, 0.29) is 41.6 Å². The van der Waals surface area contributed by atoms with E-state index < -0.39 is 29.6 Å². The second-order valence-corrected chi connectivity index (χ2v) is 9.97. The fourth-order valence-corrected chi connectivity index (χ4v) is 4.42. The van der Waals surface area contributed by atoms with Crippen LogP contribution in [0, 0.1) is 11.6 Å². The van der Waals surface area contributed by atoms with E-state index >= 15 is 0 Å². The Hall–Kier alpha value is -3.83. The van der Waals surface area contributed by atoms with Crippen LogP contribution in [0.25, 0.3) is 11.3 Å². The van der Waals surface area contributed by atoms with Gasteiger partial charge in [-0.15, -0.1) is 0 Å². The quantitative estimate of drug-likeness (QED) is 0.377. The van der Waals surface area contributed by atoms with Crippen LogP contribution in [-0.2, 0) is 9.59 Å². The number of carbonyl (C=O) groups is 2. The lowest BCUT2D eigenvalue weighted by molar-refractivity contribution is -0.137. The third-order valence-electron chi connectivity index (χ3n) is 6.65. The van der Waals surface area contributed by atoms with E-state index in [1.807, 2.05) is 20.8 Å². The molecule has 3 N–H and O–H groups in total. The van der Waals surface area contributed by atoms with Crippen molar-refractivity contribution in [3.05, 3.63) is 47.7 Å². The maximum Gasteiger partial charge on any atom is 0.322 e. The molecule has 0 bridgehead atoms. The Morgan fingerprint density at radius 2 is 2.00 bits per heavy atom. The summed E-state index contributed by atoms with van der Waals surface area (Å²) in [6, 6.07) is 1.79. The summed E-state index contributed by atoms with van der Waals surface area (Å²) < 4.78 is 32.7. The van der Waals surface area contributed by atoms with Gasteiger partial charge in [0.2, 0.25) is 11.8 Å². The first-order chi connectivity index (χ1) is 18.1. The number of likely N-dealkylation sites (tertiary alicyclic amines) is 1. The lowest BCUT2D eigenvalue weighted by atomic mass is 10.0. The zero-order chi connectivity index (χ0) is 27.4. The molecule has 0 aliphatic carbocycles. The molecule has 10 nitrogen and oxygen atoms in total. The molecule has 1 aliphatic rings. The molecule has 0 unspecified atom stereocenters. The van der Waals surface area contributed by atoms with Crippen molar-refractivity contribution in [3.8, 4) is 11.3 Å². The topological polar surface area (TPSA) is 129 Å². The summed E-state index contributed by atoms with van der Waals surface area (Å²) in [6.07, 6.45) is 4.29. The van der Waals surface area contributed by atoms with Crippen molar-refractivity contribution in [2.24, 2.45) is 0 Å². The Bertz CT molecular complexity index is 1280. The van der Waals surface area contributed by atoms with Gasteiger partial charge in [0.1, 0.15) is 23.5 Å². The minimum absolute atomic E-state index is 0.0246. The van der Waals surface area contributed by atoms with Crippen LogP contribution in [0.3, 0.4) is 0 Å². The number of halogens is 2. The molecule has 2 aromatic heterocycles. The highest BCUT2D eigenvalue weighted by Crippen LogP contribution is 2.24. The summed E-state index contributed by atoms with van der Waals surface area (Å²) in [4.78, 5) is 39.9. The summed E-state index contributed by atoms with van der Waals surface area (Å²) in [7, 11) is 0. The highest BCUT2D eigenvalue weighted by Gasteiger charge is 2.31. The number of aromatic amines is 1. The van der Waals surface area contributed by atoms with Gasteiger partial charge in [0.05, 0.1) is 18.2 Å². The minimum atomic E-state index is -0.983. The lowest BCUT2D eigenvalue weighted by Gasteiger charge is -2.34. The van der Waals surface area contributed by atoms with E-state index in [9.17, 15) is 18.4 Å². The first kappa shape index (κ1) is 27.2. The Balaban J connectivity index is 1.49. The highest BCUT2D eigenvalue weighted by atomic mass is 19.1. The molecule has 3 atom stereocenters. The Morgan fingerprint density at radius 3 is 2.68 bits per heavy atom. The largest absolute Gasteiger partial charge is 0.346 e. The number of piperidine rings is 1. The van der Waals surface area contributed by atoms with Gasteiger partial charge in [-0.2, -0.15) is 4.98 Å². The Kier molecular flexibility index (Phi) is 8.38. The van der Waals surface area contributed by atoms with Gasteiger partial charge < -0.3 is 25.0 Å². The standard InChI is InChI=1S/C26H33F2N7O3/c1-14(2)23-33-26(38-34-23)32-20(12-22(36)35-10-6-5-7-15(35)3)25(37)30-16(4)24-29-13-21(31-24)18-9-8-17(27)11-19(18)28/h8-9,11,13-16,20H,5-7,10,12H2,1-4H3,(H,29,31)(H,30,37)(H,32,33,34)/t15-,16-,20-/m0/s1. The number of nitrogens with one attached hydrogen (secondary N) is 3. The summed E-state index contributed by atoms with van der Waals surface area (Å²) in [5, 5.41) is 9.69. The zero-order valence-electron chi connectivity index (χ0n) is 21.9. The molecule has 1 aromatic carbocycles. The van der Waals surface area contributed by atoms with Crippen molar-refractivity contribution in [3.63, 3.8) is 0 Å². The molecular formula is C26H33F2N7O3. The number of benzene rings is 1. The van der Waals surface area contributed by atoms with Gasteiger partial charge in [-0.3, -0.25) is 9.59 Å². The molecular weight excluding hydrogens is 496 g/mol. The lowest BCUT2D eigenvalue weighted by Crippen LogP contribution is -2.47. The maximum absolute atomic E-state index is 14.2. The van der Waals surface area contributed by atoms with Gasteiger partial charge in [0.25, 0.3) is 0 Å². The molecule has 1 aliphatic heterocycles. The maximum atomic E-state index is 14.2. The van der Waals surface area contributed by atoms with Crippen LogP contribution in [0.1, 0.15) is 77.0 Å². The highest BCUT2D eigenvalue weighted by molar-refractivity contribution is 5.90. The number of hydrogen-bond acceptors (Lipinski definition) is 7. The second-order valence-electron chi connectivity index (χ2n) is 9.97. The molecule has 0 spiro atoms. The van der Waals surface area contributed by atoms with Crippen LogP contribution in [0.2, 0.25) is 0 Å². The summed E-state index contributed by atoms with van der Waals surface area (Å²) in [5.41, 5.74) is 0.403. The second kappa shape index (κ2) is 11.7. The van der Waals surface area contributed by atoms with Gasteiger partial charge in [-0.1, -0.05) is 19.0 Å². The van der Waals surface area contributed by atoms with E-state index in [2.05, 4.69) is 30.7 Å². The average molecular weight is 530 g/mol. The first-order valence-corrected chi connectivity index (χ1v) is 12.8. The summed E-state index contributed by atoms with van der Waals surface area (Å²) >= 11 is 0. The number of H-pyrrole nitrogens is 1. The predicted molar refractivity (Wildman–Crippen MR) is 136 cm³/mol. The van der Waals surface area contributed by atoms with Gasteiger partial charge in [-0.05, 0) is 45.2 Å². The zero-order valence-corrected chi connectivity index (χ0v) is 21.9. The normalized spacial score (nSPS) is 17.3. The number of rotatable bonds is 9. The molecule has 4 rings (SSSR count). The molecule has 0 radical (unpaired) electrons. The number of hydrogen-bond donors (Lipinski definition) is 3. The van der Waals surface area contributed by atoms with Crippen LogP contribution in [0.5, 0.6) is 0 Å². The van der Waals surface area contributed by atoms with Crippen molar-refractivity contribution in [2.45, 2.75) is 77.4 Å². The van der Waals surface area contributed by atoms with E-state index in [1.54, 1.807) is 11.8 Å². The van der Waals surface area contributed by atoms with Crippen LogP contribution in [0.15, 0.2) is 28.9 Å². The predicted octanol–water partition coefficient (Wildman–Crippen LogP) is 4.31. The molecule has 204 valence electrons. The van der Waals surface area contributed by atoms with Crippen molar-refractivity contribution in [1.82, 2.24) is 30.3 Å². The van der Waals surface area contributed by atoms with Crippen molar-refractivity contribution < 1.29 is 22.9 Å². The van der Waals surface area contributed by atoms with Crippen molar-refractivity contribution >= 4 is 17.8 Å². The van der Waals surface area contributed by atoms with Crippen LogP contribution in [0.4, 0.5) is 14.8 Å². The Morgan fingerprint density at radius 1 is 1.21 bits per heavy atom. The molecule has 0 saturated carbocycles. The van der Waals surface area contributed by atoms with Gasteiger partial charge in [-0.25, -0.2) is 13.8 Å². The van der Waals surface area contributed by atoms with Gasteiger partial charge in [0, 0.05) is 36.3 Å². The number of carbonyl (C=O) groups excluding carboxylic acids is 2. The number of aromatic nitrogens is 4. The SMILES string of the molecule is CC(C)c1noc(N[C@@H](CC(=O)N2CCCC[C@@H]2C)C(=O)N[C@@H](C)c2nc(-c3ccc(F)cc3F)c[nH]2)n1. The van der Waals surface area contributed by atoms with E-state index in [0.29, 0.717) is 18.2 Å². The van der Waals surface area contributed by atoms with E-state index in [4.69, 9.17) is 4.52 Å². The van der Waals surface area contributed by atoms with Gasteiger partial charge >= 0.3 is 6.01 Å². The molecule has 12 heteroatoms. The molecule has 3 aromatic rings. The van der Waals surface area contributed by atoms with Crippen LogP contribution in [-0.4, -0.2) is 55.5 Å².